The number of carbonyl (C=O) groups is 4. The summed E-state index contributed by atoms with van der Waals surface area (Å²) in [6, 6.07) is 9.26. The monoisotopic (exact) mass is 752 g/mol. The molecule has 15 heteroatoms. The fourth-order valence-corrected chi connectivity index (χ4v) is 7.37. The van der Waals surface area contributed by atoms with Crippen molar-refractivity contribution in [1.29, 1.82) is 0 Å². The largest absolute Gasteiger partial charge is 0.496 e. The lowest BCUT2D eigenvalue weighted by Crippen LogP contribution is -2.55. The van der Waals surface area contributed by atoms with E-state index in [4.69, 9.17) is 24.7 Å². The number of likely N-dealkylation sites (tertiary alicyclic amines) is 2. The third kappa shape index (κ3) is 7.12. The maximum Gasteiger partial charge on any atom is 0.324 e. The number of carbonyl (C=O) groups excluding carboxylic acids is 4. The van der Waals surface area contributed by atoms with E-state index in [0.29, 0.717) is 47.8 Å². The zero-order valence-electron chi connectivity index (χ0n) is 31.4. The molecule has 3 aliphatic heterocycles. The molecule has 288 valence electrons. The first-order valence-electron chi connectivity index (χ1n) is 18.2. The summed E-state index contributed by atoms with van der Waals surface area (Å²) in [4.78, 5) is 73.2. The first-order chi connectivity index (χ1) is 26.4. The maximum atomic E-state index is 13.5. The average Bonchev–Trinajstić information content (AvgIpc) is 3.49. The van der Waals surface area contributed by atoms with E-state index in [9.17, 15) is 24.0 Å². The molecule has 3 aliphatic rings. The summed E-state index contributed by atoms with van der Waals surface area (Å²) in [5.74, 6) is -0.325. The SMILES string of the molecule is COc1cc(-c2cn(C)c(=O)c3cnccc23)cc(OC)c1CN1CC(Oc2ccc3c(c2)CN(C2CCC(=O)N(COC(=O)[C@@H](N)C(C)C)C2=O)C3=O)C1. The molecular weight excluding hydrogens is 708 g/mol. The van der Waals surface area contributed by atoms with Gasteiger partial charge in [0.1, 0.15) is 35.4 Å². The maximum absolute atomic E-state index is 13.5. The number of hydrogen-bond donors (Lipinski definition) is 1. The number of nitrogens with two attached hydrogens (primary N) is 1. The van der Waals surface area contributed by atoms with Crippen LogP contribution < -0.4 is 25.5 Å². The first kappa shape index (κ1) is 37.5. The molecule has 0 radical (unpaired) electrons. The van der Waals surface area contributed by atoms with Crippen molar-refractivity contribution in [2.24, 2.45) is 18.7 Å². The average molecular weight is 753 g/mol. The molecule has 0 aliphatic carbocycles. The summed E-state index contributed by atoms with van der Waals surface area (Å²) >= 11 is 0. The van der Waals surface area contributed by atoms with Crippen molar-refractivity contribution in [3.63, 3.8) is 0 Å². The van der Waals surface area contributed by atoms with Gasteiger partial charge in [-0.3, -0.25) is 33.9 Å². The van der Waals surface area contributed by atoms with Crippen LogP contribution >= 0.6 is 0 Å². The number of methoxy groups -OCH3 is 2. The van der Waals surface area contributed by atoms with Crippen molar-refractivity contribution < 1.29 is 38.1 Å². The minimum Gasteiger partial charge on any atom is -0.496 e. The van der Waals surface area contributed by atoms with Crippen LogP contribution in [0.1, 0.15) is 48.2 Å². The minimum absolute atomic E-state index is 0.0308. The fraction of sp³-hybridized carbons (Fsp3) is 0.400. The van der Waals surface area contributed by atoms with Crippen molar-refractivity contribution in [3.8, 4) is 28.4 Å². The molecule has 0 bridgehead atoms. The van der Waals surface area contributed by atoms with Gasteiger partial charge < -0.3 is 34.1 Å². The molecule has 2 atom stereocenters. The third-order valence-electron chi connectivity index (χ3n) is 10.6. The van der Waals surface area contributed by atoms with Crippen molar-refractivity contribution in [2.75, 3.05) is 34.0 Å². The molecule has 15 nitrogen and oxygen atoms in total. The molecule has 0 spiro atoms. The second-order valence-electron chi connectivity index (χ2n) is 14.5. The highest BCUT2D eigenvalue weighted by atomic mass is 16.5. The Labute approximate surface area is 317 Å². The van der Waals surface area contributed by atoms with Crippen LogP contribution in [-0.2, 0) is 39.3 Å². The summed E-state index contributed by atoms with van der Waals surface area (Å²) in [5, 5.41) is 1.31. The van der Waals surface area contributed by atoms with Crippen LogP contribution in [0.4, 0.5) is 0 Å². The Morgan fingerprint density at radius 3 is 2.40 bits per heavy atom. The number of aryl methyl sites for hydroxylation is 1. The highest BCUT2D eigenvalue weighted by Gasteiger charge is 2.43. The molecule has 2 aromatic heterocycles. The van der Waals surface area contributed by atoms with Gasteiger partial charge in [0.15, 0.2) is 6.73 Å². The number of piperidine rings is 1. The molecule has 2 aromatic carbocycles. The molecule has 4 aromatic rings. The number of esters is 1. The van der Waals surface area contributed by atoms with Crippen LogP contribution in [0.15, 0.2) is 59.8 Å². The van der Waals surface area contributed by atoms with Gasteiger partial charge in [-0.1, -0.05) is 13.8 Å². The number of fused-ring (bicyclic) bond motifs is 2. The summed E-state index contributed by atoms with van der Waals surface area (Å²) in [6.45, 7) is 5.00. The number of aromatic nitrogens is 2. The lowest BCUT2D eigenvalue weighted by atomic mass is 9.98. The Morgan fingerprint density at radius 1 is 0.982 bits per heavy atom. The topological polar surface area (TPSA) is 176 Å². The number of pyridine rings is 2. The molecule has 1 unspecified atom stereocenters. The number of rotatable bonds is 12. The smallest absolute Gasteiger partial charge is 0.324 e. The fourth-order valence-electron chi connectivity index (χ4n) is 7.37. The number of benzene rings is 2. The van der Waals surface area contributed by atoms with E-state index in [1.165, 1.54) is 4.90 Å². The minimum atomic E-state index is -0.884. The van der Waals surface area contributed by atoms with Crippen LogP contribution in [0.3, 0.4) is 0 Å². The van der Waals surface area contributed by atoms with Crippen molar-refractivity contribution in [2.45, 2.75) is 58.0 Å². The highest BCUT2D eigenvalue weighted by Crippen LogP contribution is 2.39. The molecule has 2 saturated heterocycles. The Bertz CT molecular complexity index is 2220. The molecule has 2 N–H and O–H groups in total. The van der Waals surface area contributed by atoms with Crippen LogP contribution in [0.25, 0.3) is 21.9 Å². The van der Waals surface area contributed by atoms with E-state index >= 15 is 0 Å². The van der Waals surface area contributed by atoms with E-state index in [1.54, 1.807) is 70.4 Å². The third-order valence-corrected chi connectivity index (χ3v) is 10.6. The summed E-state index contributed by atoms with van der Waals surface area (Å²) in [5.41, 5.74) is 9.50. The first-order valence-corrected chi connectivity index (χ1v) is 18.2. The second-order valence-corrected chi connectivity index (χ2v) is 14.5. The van der Waals surface area contributed by atoms with Crippen molar-refractivity contribution in [3.05, 3.63) is 82.0 Å². The van der Waals surface area contributed by atoms with E-state index in [1.807, 2.05) is 24.3 Å². The Morgan fingerprint density at radius 2 is 1.71 bits per heavy atom. The predicted octanol–water partition coefficient (Wildman–Crippen LogP) is 2.84. The van der Waals surface area contributed by atoms with Gasteiger partial charge in [-0.15, -0.1) is 0 Å². The predicted molar refractivity (Wildman–Crippen MR) is 200 cm³/mol. The molecular formula is C40H44N6O9. The van der Waals surface area contributed by atoms with Gasteiger partial charge in [0, 0.05) is 69.4 Å². The summed E-state index contributed by atoms with van der Waals surface area (Å²) < 4.78 is 24.8. The second kappa shape index (κ2) is 15.1. The Hall–Kier alpha value is -5.80. The van der Waals surface area contributed by atoms with Gasteiger partial charge in [-0.25, -0.2) is 4.90 Å². The van der Waals surface area contributed by atoms with Crippen molar-refractivity contribution >= 4 is 34.5 Å². The quantitative estimate of drug-likeness (QED) is 0.166. The molecule has 7 rings (SSSR count). The Balaban J connectivity index is 0.986. The van der Waals surface area contributed by atoms with Gasteiger partial charge >= 0.3 is 5.97 Å². The van der Waals surface area contributed by atoms with Crippen molar-refractivity contribution in [1.82, 2.24) is 24.3 Å². The van der Waals surface area contributed by atoms with Gasteiger partial charge in [0.25, 0.3) is 17.4 Å². The van der Waals surface area contributed by atoms with Gasteiger partial charge in [0.2, 0.25) is 5.91 Å². The standard InChI is InChI=1S/C40H44N6O9/c1-22(2)36(41)40(51)54-21-46-35(47)9-8-32(39(46)50)45-16-24-12-25(6-7-27(24)38(45)49)55-26-17-44(18-26)20-31-33(52-4)13-23(14-34(31)53-5)30-19-43(3)37(48)29-15-42-11-10-28(29)30/h6-7,10-15,19,22,26,32,36H,8-9,16-18,20-21,41H2,1-5H3/t32?,36-/m0/s1. The molecule has 5 heterocycles. The number of ether oxygens (including phenoxy) is 4. The molecule has 55 heavy (non-hydrogen) atoms. The summed E-state index contributed by atoms with van der Waals surface area (Å²) in [6.07, 6.45) is 5.16. The van der Waals surface area contributed by atoms with Gasteiger partial charge in [-0.2, -0.15) is 0 Å². The van der Waals surface area contributed by atoms with E-state index in [-0.39, 0.29) is 42.9 Å². The van der Waals surface area contributed by atoms with Gasteiger partial charge in [-0.05, 0) is 65.3 Å². The van der Waals surface area contributed by atoms with Crippen LogP contribution in [-0.4, -0.2) is 100 Å². The van der Waals surface area contributed by atoms with E-state index in [0.717, 1.165) is 32.5 Å². The van der Waals surface area contributed by atoms with E-state index < -0.39 is 36.6 Å². The van der Waals surface area contributed by atoms with Crippen LogP contribution in [0.5, 0.6) is 17.2 Å². The highest BCUT2D eigenvalue weighted by molar-refractivity contribution is 6.05. The molecule has 2 fully saturated rings. The molecule has 0 saturated carbocycles. The zero-order valence-corrected chi connectivity index (χ0v) is 31.4. The van der Waals surface area contributed by atoms with E-state index in [2.05, 4.69) is 9.88 Å². The van der Waals surface area contributed by atoms with Crippen LogP contribution in [0, 0.1) is 5.92 Å². The van der Waals surface area contributed by atoms with Crippen LogP contribution in [0.2, 0.25) is 0 Å². The lowest BCUT2D eigenvalue weighted by Gasteiger charge is -2.39. The summed E-state index contributed by atoms with van der Waals surface area (Å²) in [7, 11) is 4.95. The normalized spacial score (nSPS) is 18.1. The Kier molecular flexibility index (Phi) is 10.3. The van der Waals surface area contributed by atoms with Gasteiger partial charge in [0.05, 0.1) is 25.2 Å². The zero-order chi connectivity index (χ0) is 39.1. The number of imide groups is 1. The number of nitrogens with zero attached hydrogens (tertiary/aromatic N) is 5. The number of hydrogen-bond acceptors (Lipinski definition) is 12. The lowest BCUT2D eigenvalue weighted by molar-refractivity contribution is -0.165. The molecule has 3 amide bonds. The number of amides is 3.